The highest BCUT2D eigenvalue weighted by molar-refractivity contribution is 6.31. The first-order chi connectivity index (χ1) is 14.7. The smallest absolute Gasteiger partial charge is 0.417 e. The molecule has 0 saturated heterocycles. The molecule has 10 heteroatoms. The van der Waals surface area contributed by atoms with E-state index in [-0.39, 0.29) is 6.54 Å². The van der Waals surface area contributed by atoms with Gasteiger partial charge >= 0.3 is 6.18 Å². The molecule has 0 amide bonds. The Balaban J connectivity index is 1.74. The number of hydrogen-bond acceptors (Lipinski definition) is 6. The number of halogens is 4. The van der Waals surface area contributed by atoms with Crippen LogP contribution in [0.15, 0.2) is 48.8 Å². The van der Waals surface area contributed by atoms with Gasteiger partial charge in [-0.2, -0.15) is 13.2 Å². The van der Waals surface area contributed by atoms with Crippen molar-refractivity contribution in [3.63, 3.8) is 0 Å². The number of ether oxygens (including phenoxy) is 2. The second kappa shape index (κ2) is 7.99. The molecule has 0 radical (unpaired) electrons. The van der Waals surface area contributed by atoms with Crippen molar-refractivity contribution in [2.75, 3.05) is 19.8 Å². The van der Waals surface area contributed by atoms with Crippen LogP contribution in [0.4, 0.5) is 13.2 Å². The van der Waals surface area contributed by atoms with Crippen LogP contribution >= 0.6 is 11.6 Å². The maximum atomic E-state index is 13.0. The Labute approximate surface area is 181 Å². The van der Waals surface area contributed by atoms with Gasteiger partial charge in [-0.1, -0.05) is 23.7 Å². The zero-order chi connectivity index (χ0) is 22.2. The first-order valence-electron chi connectivity index (χ1n) is 9.31. The molecule has 2 heterocycles. The van der Waals surface area contributed by atoms with Crippen molar-refractivity contribution in [3.8, 4) is 22.8 Å². The second-order valence-corrected chi connectivity index (χ2v) is 7.42. The minimum atomic E-state index is -4.54. The minimum Gasteiger partial charge on any atom is -0.486 e. The van der Waals surface area contributed by atoms with Gasteiger partial charge in [-0.15, -0.1) is 0 Å². The Hall–Kier alpha value is -2.88. The Kier molecular flexibility index (Phi) is 5.50. The first-order valence-corrected chi connectivity index (χ1v) is 9.69. The summed E-state index contributed by atoms with van der Waals surface area (Å²) in [6, 6.07) is 10.3. The SMILES string of the molecule is NCC(N)(c1ccc2c(c1)OCCO2)c1cc(-c2ccc(C(F)(F)F)c(Cl)c2)ncn1. The third-order valence-corrected chi connectivity index (χ3v) is 5.39. The second-order valence-electron chi connectivity index (χ2n) is 7.01. The van der Waals surface area contributed by atoms with Crippen LogP contribution in [0.25, 0.3) is 11.3 Å². The molecule has 3 aromatic rings. The zero-order valence-corrected chi connectivity index (χ0v) is 16.9. The van der Waals surface area contributed by atoms with Crippen molar-refractivity contribution in [2.24, 2.45) is 11.5 Å². The van der Waals surface area contributed by atoms with Gasteiger partial charge in [-0.3, -0.25) is 0 Å². The Morgan fingerprint density at radius 1 is 0.968 bits per heavy atom. The summed E-state index contributed by atoms with van der Waals surface area (Å²) in [4.78, 5) is 8.44. The third kappa shape index (κ3) is 4.04. The largest absolute Gasteiger partial charge is 0.486 e. The van der Waals surface area contributed by atoms with Gasteiger partial charge in [0, 0.05) is 12.1 Å². The van der Waals surface area contributed by atoms with E-state index in [4.69, 9.17) is 32.5 Å². The number of alkyl halides is 3. The van der Waals surface area contributed by atoms with E-state index in [2.05, 4.69) is 9.97 Å². The molecule has 1 aliphatic heterocycles. The van der Waals surface area contributed by atoms with Crippen LogP contribution in [-0.4, -0.2) is 29.7 Å². The predicted molar refractivity (Wildman–Crippen MR) is 109 cm³/mol. The fourth-order valence-corrected chi connectivity index (χ4v) is 3.64. The van der Waals surface area contributed by atoms with Crippen LogP contribution in [0.2, 0.25) is 5.02 Å². The van der Waals surface area contributed by atoms with Gasteiger partial charge < -0.3 is 20.9 Å². The summed E-state index contributed by atoms with van der Waals surface area (Å²) in [5.41, 5.74) is 12.4. The van der Waals surface area contributed by atoms with Gasteiger partial charge in [0.15, 0.2) is 11.5 Å². The van der Waals surface area contributed by atoms with Crippen molar-refractivity contribution >= 4 is 11.6 Å². The molecule has 1 aromatic heterocycles. The lowest BCUT2D eigenvalue weighted by Crippen LogP contribution is -2.46. The number of nitrogens with two attached hydrogens (primary N) is 2. The summed E-state index contributed by atoms with van der Waals surface area (Å²) in [5.74, 6) is 1.16. The topological polar surface area (TPSA) is 96.3 Å². The summed E-state index contributed by atoms with van der Waals surface area (Å²) in [6.07, 6.45) is -3.26. The van der Waals surface area contributed by atoms with Crippen LogP contribution in [-0.2, 0) is 11.7 Å². The van der Waals surface area contributed by atoms with Crippen LogP contribution in [0.5, 0.6) is 11.5 Å². The monoisotopic (exact) mass is 450 g/mol. The van der Waals surface area contributed by atoms with Crippen LogP contribution in [0.3, 0.4) is 0 Å². The average molecular weight is 451 g/mol. The summed E-state index contributed by atoms with van der Waals surface area (Å²) < 4.78 is 50.2. The predicted octanol–water partition coefficient (Wildman–Crippen LogP) is 3.75. The number of rotatable bonds is 4. The van der Waals surface area contributed by atoms with E-state index in [1.54, 1.807) is 24.3 Å². The number of aromatic nitrogens is 2. The highest BCUT2D eigenvalue weighted by Gasteiger charge is 2.34. The van der Waals surface area contributed by atoms with Gasteiger partial charge in [0.05, 0.1) is 27.5 Å². The molecule has 4 rings (SSSR count). The molecule has 0 aliphatic carbocycles. The average Bonchev–Trinajstić information content (AvgIpc) is 2.77. The van der Waals surface area contributed by atoms with Crippen molar-refractivity contribution in [2.45, 2.75) is 11.7 Å². The molecule has 0 fully saturated rings. The van der Waals surface area contributed by atoms with Gasteiger partial charge in [0.1, 0.15) is 19.5 Å². The van der Waals surface area contributed by atoms with Crippen molar-refractivity contribution in [3.05, 3.63) is 70.6 Å². The lowest BCUT2D eigenvalue weighted by atomic mass is 9.86. The fourth-order valence-electron chi connectivity index (χ4n) is 3.35. The highest BCUT2D eigenvalue weighted by Crippen LogP contribution is 2.38. The van der Waals surface area contributed by atoms with E-state index < -0.39 is 22.3 Å². The maximum Gasteiger partial charge on any atom is 0.417 e. The molecule has 1 atom stereocenters. The summed E-state index contributed by atoms with van der Waals surface area (Å²) in [7, 11) is 0. The maximum absolute atomic E-state index is 13.0. The number of hydrogen-bond donors (Lipinski definition) is 2. The third-order valence-electron chi connectivity index (χ3n) is 5.07. The normalized spacial score (nSPS) is 15.4. The van der Waals surface area contributed by atoms with E-state index in [1.165, 1.54) is 18.5 Å². The molecule has 2 aromatic carbocycles. The van der Waals surface area contributed by atoms with E-state index >= 15 is 0 Å². The van der Waals surface area contributed by atoms with E-state index in [0.29, 0.717) is 47.2 Å². The molecular weight excluding hydrogens is 433 g/mol. The van der Waals surface area contributed by atoms with Gasteiger partial charge in [-0.05, 0) is 35.9 Å². The highest BCUT2D eigenvalue weighted by atomic mass is 35.5. The lowest BCUT2D eigenvalue weighted by Gasteiger charge is -2.29. The molecule has 0 spiro atoms. The van der Waals surface area contributed by atoms with Crippen LogP contribution in [0, 0.1) is 0 Å². The summed E-state index contributed by atoms with van der Waals surface area (Å²) in [6.45, 7) is 0.891. The molecule has 162 valence electrons. The molecular formula is C21H18ClF3N4O2. The standard InChI is InChI=1S/C21H18ClF3N4O2/c22-15-7-12(1-3-14(15)21(23,24)25)16-9-19(29-11-28-16)20(27,10-26)13-2-4-17-18(8-13)31-6-5-30-17/h1-4,7-9,11H,5-6,10,26-27H2. The van der Waals surface area contributed by atoms with Gasteiger partial charge in [0.25, 0.3) is 0 Å². The molecule has 0 saturated carbocycles. The molecule has 1 unspecified atom stereocenters. The Morgan fingerprint density at radius 3 is 2.39 bits per heavy atom. The fraction of sp³-hybridized carbons (Fsp3) is 0.238. The van der Waals surface area contributed by atoms with Crippen molar-refractivity contribution < 1.29 is 22.6 Å². The quantitative estimate of drug-likeness (QED) is 0.628. The number of fused-ring (bicyclic) bond motifs is 1. The molecule has 31 heavy (non-hydrogen) atoms. The first kappa shape index (κ1) is 21.4. The summed E-state index contributed by atoms with van der Waals surface area (Å²) in [5, 5.41) is -0.421. The number of nitrogens with zero attached hydrogens (tertiary/aromatic N) is 2. The van der Waals surface area contributed by atoms with Gasteiger partial charge in [-0.25, -0.2) is 9.97 Å². The van der Waals surface area contributed by atoms with E-state index in [0.717, 1.165) is 6.07 Å². The zero-order valence-electron chi connectivity index (χ0n) is 16.1. The summed E-state index contributed by atoms with van der Waals surface area (Å²) >= 11 is 5.85. The van der Waals surface area contributed by atoms with E-state index in [9.17, 15) is 13.2 Å². The van der Waals surface area contributed by atoms with Crippen molar-refractivity contribution in [1.82, 2.24) is 9.97 Å². The minimum absolute atomic E-state index is 0.0108. The van der Waals surface area contributed by atoms with Crippen LogP contribution in [0.1, 0.15) is 16.8 Å². The Morgan fingerprint density at radius 2 is 1.71 bits per heavy atom. The molecule has 4 N–H and O–H groups in total. The molecule has 1 aliphatic rings. The van der Waals surface area contributed by atoms with Crippen LogP contribution < -0.4 is 20.9 Å². The Bertz CT molecular complexity index is 1130. The van der Waals surface area contributed by atoms with Crippen molar-refractivity contribution in [1.29, 1.82) is 0 Å². The lowest BCUT2D eigenvalue weighted by molar-refractivity contribution is -0.137. The molecule has 0 bridgehead atoms. The van der Waals surface area contributed by atoms with Gasteiger partial charge in [0.2, 0.25) is 0 Å². The molecule has 6 nitrogen and oxygen atoms in total. The van der Waals surface area contributed by atoms with E-state index in [1.807, 2.05) is 0 Å². The number of benzene rings is 2.